The van der Waals surface area contributed by atoms with Gasteiger partial charge in [0, 0.05) is 77.4 Å². The number of aryl methyl sites for hydroxylation is 2. The summed E-state index contributed by atoms with van der Waals surface area (Å²) in [5.74, 6) is 25.2. The van der Waals surface area contributed by atoms with E-state index < -0.39 is 46.7 Å². The monoisotopic (exact) mass is 2670 g/mol. The molecule has 0 N–H and O–H groups in total. The Kier molecular flexibility index (Phi) is 32.6. The van der Waals surface area contributed by atoms with Crippen molar-refractivity contribution in [3.8, 4) is 91.1 Å². The van der Waals surface area contributed by atoms with Crippen molar-refractivity contribution in [2.45, 2.75) is 124 Å². The molecule has 3 radical (unpaired) electrons. The topological polar surface area (TPSA) is 155 Å². The first-order chi connectivity index (χ1) is 72.1. The Morgan fingerprint density at radius 1 is 0.369 bits per heavy atom. The third-order valence-corrected chi connectivity index (χ3v) is 39.8. The van der Waals surface area contributed by atoms with Gasteiger partial charge in [-0.05, 0) is 107 Å². The summed E-state index contributed by atoms with van der Waals surface area (Å²) in [6.07, 6.45) is 12.3. The standard InChI is InChI=1S/3C25H15N2O.C20H26GeN.C19H23GeN2.C16H20GeN.3Ir/c3*1-2-8-18(9-3-1)27-22-12-6-5-11-21(22)26-25(27)17-14-15-20-19-10-4-7-13-23(19)28-24(20)16-17;1-21(2,3)19-15-22-20(17-12-8-5-9-13-17)14-18(19)16-10-6-4-7-11-16;1-14(2)10-17-11-19(22-13-18(17)20(3,4)5)16-8-6-15(12-21)7-9-16;1-12-11-15(14-9-7-6-8-10-14)18-13(2)16(12)17(3,4)5;;;/h3*1-13,15-16H;5,8-9,12,14-16H,4,6-7,10-11H2,1-3H3;6-8,11,13-14H,10H2,1-5H3;6-9,11H,1-5H3;;;/q6*-1;;;/i;;;;;2D3;;;. The van der Waals surface area contributed by atoms with Gasteiger partial charge in [-0.15, -0.1) is 53.1 Å². The van der Waals surface area contributed by atoms with Crippen molar-refractivity contribution >= 4 is 152 Å². The third kappa shape index (κ3) is 23.8. The summed E-state index contributed by atoms with van der Waals surface area (Å²) in [5.41, 5.74) is 27.9. The molecule has 1 aliphatic rings. The SMILES string of the molecule is CC(C)Cc1cc(-c2[c-]cc(C#N)cc2)nc[c]1[Ge]([CH3])([CH3])[CH3].[2H]C([2H])([2H])c1nc(-c2[c-]cccc2)cc(C)[c]1[Ge]([CH3])([CH3])[CH3].[CH3][Ge]([CH3])([CH3])[c]1cnc(-c2[c-]cccc2)cc1C1CCCCC1.[Ir].[Ir].[Ir].[c-]1cc2c(cc1-c1nc3ccccc3n1-c1ccccc1)oc1ccccc12.[c-]1cc2c(cc1-c1nc3ccccc3n1-c1ccccc1)oc1ccccc12.[c-]1cc2c(cc1-c1nc3ccccc3n1-c1ccccc1)oc1ccccc12. The van der Waals surface area contributed by atoms with Crippen LogP contribution in [0, 0.1) is 67.4 Å². The molecule has 9 aromatic heterocycles. The Hall–Kier alpha value is -13.4. The van der Waals surface area contributed by atoms with Crippen LogP contribution < -0.4 is 13.2 Å². The molecule has 149 heavy (non-hydrogen) atoms. The molecule has 9 heterocycles. The molecule has 1 saturated carbocycles. The van der Waals surface area contributed by atoms with Gasteiger partial charge in [0.05, 0.1) is 67.3 Å². The number of hydrogen-bond acceptors (Lipinski definition) is 10. The molecule has 0 spiro atoms. The first-order valence-electron chi connectivity index (χ1n) is 51.6. The molecule has 0 aliphatic heterocycles. The summed E-state index contributed by atoms with van der Waals surface area (Å²) in [4.78, 5) is 28.7. The predicted octanol–water partition coefficient (Wildman–Crippen LogP) is 32.2. The number of fused-ring (bicyclic) bond motifs is 12. The minimum Gasteiger partial charge on any atom is -0.476 e. The molecule has 0 atom stereocenters. The fourth-order valence-corrected chi connectivity index (χ4v) is 30.9. The molecule has 0 unspecified atom stereocenters. The molecule has 747 valence electrons. The second kappa shape index (κ2) is 47.2. The molecule has 1 fully saturated rings. The van der Waals surface area contributed by atoms with Gasteiger partial charge in [0.1, 0.15) is 16.7 Å². The van der Waals surface area contributed by atoms with Gasteiger partial charge in [-0.1, -0.05) is 180 Å². The number of aromatic nitrogens is 9. The minimum absolute atomic E-state index is 0. The van der Waals surface area contributed by atoms with Crippen LogP contribution in [0.2, 0.25) is 51.8 Å². The van der Waals surface area contributed by atoms with Crippen molar-refractivity contribution in [2.24, 2.45) is 5.92 Å². The van der Waals surface area contributed by atoms with Gasteiger partial charge in [0.25, 0.3) is 0 Å². The van der Waals surface area contributed by atoms with Crippen molar-refractivity contribution in [3.05, 3.63) is 435 Å². The van der Waals surface area contributed by atoms with E-state index in [2.05, 4.69) is 241 Å². The zero-order valence-electron chi connectivity index (χ0n) is 88.3. The number of furan rings is 3. The average Bonchev–Trinajstić information content (AvgIpc) is 1.56. The van der Waals surface area contributed by atoms with Crippen LogP contribution in [0.3, 0.4) is 0 Å². The zero-order valence-corrected chi connectivity index (χ0v) is 98.8. The molecule has 24 aromatic rings. The van der Waals surface area contributed by atoms with E-state index in [0.717, 1.165) is 201 Å². The van der Waals surface area contributed by atoms with Crippen LogP contribution in [-0.2, 0) is 66.7 Å². The first-order valence-corrected chi connectivity index (χ1v) is 72.1. The number of para-hydroxylation sites is 12. The van der Waals surface area contributed by atoms with Crippen molar-refractivity contribution in [3.63, 3.8) is 0 Å². The Morgan fingerprint density at radius 3 is 1.13 bits per heavy atom. The third-order valence-electron chi connectivity index (χ3n) is 26.7. The number of rotatable bonds is 15. The van der Waals surface area contributed by atoms with Gasteiger partial charge >= 0.3 is 390 Å². The summed E-state index contributed by atoms with van der Waals surface area (Å²) in [6, 6.07) is 142. The molecule has 13 nitrogen and oxygen atoms in total. The van der Waals surface area contributed by atoms with Gasteiger partial charge < -0.3 is 27.0 Å². The number of nitrogens with zero attached hydrogens (tertiary/aromatic N) is 10. The van der Waals surface area contributed by atoms with Gasteiger partial charge in [-0.2, -0.15) is 0 Å². The van der Waals surface area contributed by atoms with Crippen LogP contribution in [0.15, 0.2) is 384 Å². The summed E-state index contributed by atoms with van der Waals surface area (Å²) in [7, 11) is 0. The maximum absolute atomic E-state index is 8.89. The number of pyridine rings is 3. The van der Waals surface area contributed by atoms with Gasteiger partial charge in [-0.3, -0.25) is 15.0 Å². The average molecular weight is 2660 g/mol. The van der Waals surface area contributed by atoms with Crippen molar-refractivity contribution < 1.29 is 77.7 Å². The van der Waals surface area contributed by atoms with E-state index >= 15 is 0 Å². The fraction of sp³-hybridized carbons (Fsp3) is 0.162. The molecular weight excluding hydrogens is 2540 g/mol. The predicted molar refractivity (Wildman–Crippen MR) is 611 cm³/mol. The Morgan fingerprint density at radius 2 is 0.745 bits per heavy atom. The fourth-order valence-electron chi connectivity index (χ4n) is 20.0. The summed E-state index contributed by atoms with van der Waals surface area (Å²) in [6.45, 7) is 4.33. The van der Waals surface area contributed by atoms with Crippen LogP contribution in [-0.4, -0.2) is 83.4 Å². The molecule has 0 bridgehead atoms. The Bertz CT molecular complexity index is 8430. The minimum atomic E-state index is -2.32. The van der Waals surface area contributed by atoms with E-state index in [1.54, 1.807) is 16.0 Å². The van der Waals surface area contributed by atoms with E-state index in [0.29, 0.717) is 17.2 Å². The van der Waals surface area contributed by atoms with Crippen molar-refractivity contribution in [1.82, 2.24) is 43.6 Å². The summed E-state index contributed by atoms with van der Waals surface area (Å²) in [5, 5.41) is 15.4. The smallest absolute Gasteiger partial charge is 0.123 e. The maximum Gasteiger partial charge on any atom is 0.123 e. The molecule has 1 aliphatic carbocycles. The van der Waals surface area contributed by atoms with E-state index in [1.807, 2.05) is 262 Å². The number of benzene rings is 15. The van der Waals surface area contributed by atoms with E-state index in [-0.39, 0.29) is 66.0 Å². The van der Waals surface area contributed by atoms with Gasteiger partial charge in [-0.25, -0.2) is 0 Å². The molecule has 0 saturated heterocycles. The van der Waals surface area contributed by atoms with Crippen molar-refractivity contribution in [2.75, 3.05) is 0 Å². The van der Waals surface area contributed by atoms with Crippen LogP contribution in [0.4, 0.5) is 0 Å². The number of nitriles is 1. The molecular formula is C130H114Ge3Ir3N10O3-6. The van der Waals surface area contributed by atoms with E-state index in [4.69, 9.17) is 42.6 Å². The van der Waals surface area contributed by atoms with Crippen LogP contribution in [0.5, 0.6) is 0 Å². The summed E-state index contributed by atoms with van der Waals surface area (Å²) < 4.78 is 52.4. The number of imidazole rings is 3. The van der Waals surface area contributed by atoms with E-state index in [1.165, 1.54) is 42.1 Å². The molecule has 19 heteroatoms. The molecule has 0 amide bonds. The summed E-state index contributed by atoms with van der Waals surface area (Å²) >= 11 is -6.13. The Balaban J connectivity index is 0.000000124. The zero-order chi connectivity index (χ0) is 103. The van der Waals surface area contributed by atoms with Crippen molar-refractivity contribution in [1.29, 1.82) is 5.26 Å². The largest absolute Gasteiger partial charge is 0.476 e. The molecule has 15 aromatic carbocycles. The van der Waals surface area contributed by atoms with Gasteiger partial charge in [0.2, 0.25) is 0 Å². The second-order valence-electron chi connectivity index (χ2n) is 40.7. The van der Waals surface area contributed by atoms with Crippen LogP contribution >= 0.6 is 0 Å². The normalized spacial score (nSPS) is 12.5. The first kappa shape index (κ1) is 103. The van der Waals surface area contributed by atoms with Crippen LogP contribution in [0.25, 0.3) is 184 Å². The van der Waals surface area contributed by atoms with Gasteiger partial charge in [0.15, 0.2) is 0 Å². The van der Waals surface area contributed by atoms with E-state index in [9.17, 15) is 0 Å². The number of hydrogen-bond donors (Lipinski definition) is 0. The maximum atomic E-state index is 8.89. The van der Waals surface area contributed by atoms with Crippen LogP contribution in [0.1, 0.15) is 83.9 Å². The quantitative estimate of drug-likeness (QED) is 0.0715. The second-order valence-corrected chi connectivity index (χ2v) is 72.4. The Labute approximate surface area is 925 Å². The molecule has 25 rings (SSSR count).